The molecule has 0 heterocycles. The van der Waals surface area contributed by atoms with E-state index in [9.17, 15) is 4.39 Å². The molecule has 1 unspecified atom stereocenters. The average molecular weight is 285 g/mol. The molecule has 0 aliphatic heterocycles. The van der Waals surface area contributed by atoms with Crippen molar-refractivity contribution in [3.05, 3.63) is 34.6 Å². The normalized spacial score (nSPS) is 17.5. The molecule has 0 amide bonds. The van der Waals surface area contributed by atoms with Crippen LogP contribution < -0.4 is 5.73 Å². The minimum Gasteiger partial charge on any atom is -0.329 e. The molecule has 1 fully saturated rings. The summed E-state index contributed by atoms with van der Waals surface area (Å²) >= 11 is 6.17. The Kier molecular flexibility index (Phi) is 5.20. The lowest BCUT2D eigenvalue weighted by atomic mass is 9.84. The van der Waals surface area contributed by atoms with Crippen LogP contribution in [-0.4, -0.2) is 24.5 Å². The summed E-state index contributed by atoms with van der Waals surface area (Å²) < 4.78 is 13.1. The van der Waals surface area contributed by atoms with Crippen LogP contribution in [-0.2, 0) is 0 Å². The Balaban J connectivity index is 2.15. The summed E-state index contributed by atoms with van der Waals surface area (Å²) in [6, 6.07) is 4.68. The number of benzene rings is 1. The van der Waals surface area contributed by atoms with Gasteiger partial charge in [-0.25, -0.2) is 4.39 Å². The van der Waals surface area contributed by atoms with Crippen LogP contribution in [0.4, 0.5) is 4.39 Å². The zero-order valence-corrected chi connectivity index (χ0v) is 12.2. The summed E-state index contributed by atoms with van der Waals surface area (Å²) in [5.41, 5.74) is 6.87. The second-order valence-corrected chi connectivity index (χ2v) is 5.71. The molecule has 0 spiro atoms. The van der Waals surface area contributed by atoms with E-state index in [-0.39, 0.29) is 11.9 Å². The number of nitrogens with zero attached hydrogens (tertiary/aromatic N) is 1. The van der Waals surface area contributed by atoms with E-state index < -0.39 is 0 Å². The number of likely N-dealkylation sites (N-methyl/N-ethyl adjacent to an activating group) is 1. The van der Waals surface area contributed by atoms with Crippen LogP contribution in [0.2, 0.25) is 5.02 Å². The smallest absolute Gasteiger partial charge is 0.124 e. The van der Waals surface area contributed by atoms with E-state index in [0.717, 1.165) is 24.6 Å². The Morgan fingerprint density at radius 3 is 2.68 bits per heavy atom. The van der Waals surface area contributed by atoms with Crippen LogP contribution in [0.25, 0.3) is 0 Å². The number of halogens is 2. The first-order valence-corrected chi connectivity index (χ1v) is 7.42. The van der Waals surface area contributed by atoms with E-state index in [1.807, 2.05) is 0 Å². The molecule has 0 bridgehead atoms. The predicted molar refractivity (Wildman–Crippen MR) is 77.8 cm³/mol. The molecule has 106 valence electrons. The van der Waals surface area contributed by atoms with E-state index in [4.69, 9.17) is 17.3 Å². The quantitative estimate of drug-likeness (QED) is 0.865. The van der Waals surface area contributed by atoms with Gasteiger partial charge in [0.1, 0.15) is 5.82 Å². The summed E-state index contributed by atoms with van der Waals surface area (Å²) in [6.45, 7) is 4.64. The van der Waals surface area contributed by atoms with Gasteiger partial charge in [0, 0.05) is 24.2 Å². The highest BCUT2D eigenvalue weighted by molar-refractivity contribution is 6.31. The summed E-state index contributed by atoms with van der Waals surface area (Å²) in [6.07, 6.45) is 3.96. The third kappa shape index (κ3) is 3.47. The van der Waals surface area contributed by atoms with Crippen LogP contribution in [0, 0.1) is 11.7 Å². The van der Waals surface area contributed by atoms with Gasteiger partial charge in [-0.15, -0.1) is 0 Å². The van der Waals surface area contributed by atoms with Gasteiger partial charge in [0.25, 0.3) is 0 Å². The van der Waals surface area contributed by atoms with Crippen molar-refractivity contribution in [2.45, 2.75) is 32.2 Å². The zero-order valence-electron chi connectivity index (χ0n) is 11.4. The third-order valence-electron chi connectivity index (χ3n) is 4.11. The summed E-state index contributed by atoms with van der Waals surface area (Å²) in [5, 5.41) is 0.475. The molecule has 1 saturated carbocycles. The molecule has 0 radical (unpaired) electrons. The molecule has 1 aromatic rings. The summed E-state index contributed by atoms with van der Waals surface area (Å²) in [7, 11) is 0. The molecule has 1 aliphatic rings. The average Bonchev–Trinajstić information content (AvgIpc) is 2.33. The van der Waals surface area contributed by atoms with E-state index in [0.29, 0.717) is 11.6 Å². The lowest BCUT2D eigenvalue weighted by molar-refractivity contribution is 0.141. The second kappa shape index (κ2) is 6.69. The number of hydrogen-bond donors (Lipinski definition) is 1. The van der Waals surface area contributed by atoms with Gasteiger partial charge in [0.05, 0.1) is 0 Å². The maximum absolute atomic E-state index is 13.1. The fourth-order valence-corrected chi connectivity index (χ4v) is 3.02. The number of nitrogens with two attached hydrogens (primary N) is 1. The zero-order chi connectivity index (χ0) is 13.8. The van der Waals surface area contributed by atoms with Crippen molar-refractivity contribution in [1.82, 2.24) is 4.90 Å². The van der Waals surface area contributed by atoms with Crippen molar-refractivity contribution in [3.63, 3.8) is 0 Å². The molecule has 1 aromatic carbocycles. The minimum absolute atomic E-state index is 0.0821. The van der Waals surface area contributed by atoms with Crippen LogP contribution in [0.3, 0.4) is 0 Å². The van der Waals surface area contributed by atoms with Crippen LogP contribution in [0.15, 0.2) is 18.2 Å². The van der Waals surface area contributed by atoms with E-state index in [1.54, 1.807) is 6.07 Å². The second-order valence-electron chi connectivity index (χ2n) is 5.30. The SMILES string of the molecule is CCN(CC1CCC1)C(CN)c1ccc(F)cc1Cl. The lowest BCUT2D eigenvalue weighted by Gasteiger charge is -2.36. The highest BCUT2D eigenvalue weighted by Gasteiger charge is 2.26. The van der Waals surface area contributed by atoms with Crippen molar-refractivity contribution in [2.24, 2.45) is 11.7 Å². The third-order valence-corrected chi connectivity index (χ3v) is 4.44. The van der Waals surface area contributed by atoms with Crippen molar-refractivity contribution >= 4 is 11.6 Å². The van der Waals surface area contributed by atoms with Crippen molar-refractivity contribution in [2.75, 3.05) is 19.6 Å². The van der Waals surface area contributed by atoms with Crippen molar-refractivity contribution in [3.8, 4) is 0 Å². The van der Waals surface area contributed by atoms with Gasteiger partial charge in [-0.3, -0.25) is 4.90 Å². The summed E-state index contributed by atoms with van der Waals surface area (Å²) in [5.74, 6) is 0.486. The Bertz CT molecular complexity index is 421. The Morgan fingerprint density at radius 2 is 2.21 bits per heavy atom. The first-order chi connectivity index (χ1) is 9.15. The van der Waals surface area contributed by atoms with Crippen LogP contribution in [0.5, 0.6) is 0 Å². The standard InChI is InChI=1S/C15H22ClFN2/c1-2-19(10-11-4-3-5-11)15(9-18)13-7-6-12(17)8-14(13)16/h6-8,11,15H,2-5,9-10,18H2,1H3. The van der Waals surface area contributed by atoms with E-state index in [1.165, 1.54) is 31.4 Å². The number of rotatable bonds is 6. The molecule has 2 rings (SSSR count). The molecule has 1 aliphatic carbocycles. The van der Waals surface area contributed by atoms with Crippen LogP contribution >= 0.6 is 11.6 Å². The molecule has 0 aromatic heterocycles. The van der Waals surface area contributed by atoms with Gasteiger partial charge in [-0.05, 0) is 43.0 Å². The van der Waals surface area contributed by atoms with Gasteiger partial charge >= 0.3 is 0 Å². The Labute approximate surface area is 119 Å². The van der Waals surface area contributed by atoms with Crippen molar-refractivity contribution in [1.29, 1.82) is 0 Å². The lowest BCUT2D eigenvalue weighted by Crippen LogP contribution is -2.38. The number of hydrogen-bond acceptors (Lipinski definition) is 2. The summed E-state index contributed by atoms with van der Waals surface area (Å²) in [4.78, 5) is 2.36. The van der Waals surface area contributed by atoms with E-state index >= 15 is 0 Å². The van der Waals surface area contributed by atoms with Gasteiger partial charge in [-0.2, -0.15) is 0 Å². The van der Waals surface area contributed by atoms with Gasteiger partial charge in [0.15, 0.2) is 0 Å². The molecule has 0 saturated heterocycles. The fourth-order valence-electron chi connectivity index (χ4n) is 2.73. The van der Waals surface area contributed by atoms with E-state index in [2.05, 4.69) is 11.8 Å². The molecular weight excluding hydrogens is 263 g/mol. The van der Waals surface area contributed by atoms with Gasteiger partial charge < -0.3 is 5.73 Å². The van der Waals surface area contributed by atoms with Gasteiger partial charge in [-0.1, -0.05) is 31.0 Å². The van der Waals surface area contributed by atoms with Gasteiger partial charge in [0.2, 0.25) is 0 Å². The maximum Gasteiger partial charge on any atom is 0.124 e. The monoisotopic (exact) mass is 284 g/mol. The molecule has 2 nitrogen and oxygen atoms in total. The molecule has 1 atom stereocenters. The first-order valence-electron chi connectivity index (χ1n) is 7.04. The largest absolute Gasteiger partial charge is 0.329 e. The highest BCUT2D eigenvalue weighted by Crippen LogP contribution is 2.32. The van der Waals surface area contributed by atoms with Crippen LogP contribution in [0.1, 0.15) is 37.8 Å². The molecule has 4 heteroatoms. The molecule has 19 heavy (non-hydrogen) atoms. The molecule has 2 N–H and O–H groups in total. The molecular formula is C15H22ClFN2. The topological polar surface area (TPSA) is 29.3 Å². The fraction of sp³-hybridized carbons (Fsp3) is 0.600. The van der Waals surface area contributed by atoms with Crippen molar-refractivity contribution < 1.29 is 4.39 Å². The minimum atomic E-state index is -0.299. The first kappa shape index (κ1) is 14.8. The maximum atomic E-state index is 13.1. The Hall–Kier alpha value is -0.640. The highest BCUT2D eigenvalue weighted by atomic mass is 35.5. The Morgan fingerprint density at radius 1 is 1.47 bits per heavy atom. The predicted octanol–water partition coefficient (Wildman–Crippen LogP) is 3.60.